The van der Waals surface area contributed by atoms with Crippen molar-refractivity contribution in [1.82, 2.24) is 19.5 Å². The first-order valence-electron chi connectivity index (χ1n) is 9.25. The van der Waals surface area contributed by atoms with E-state index in [2.05, 4.69) is 40.7 Å². The van der Waals surface area contributed by atoms with Crippen molar-refractivity contribution < 1.29 is 38.9 Å². The van der Waals surface area contributed by atoms with Gasteiger partial charge in [-0.25, -0.2) is 19.5 Å². The highest BCUT2D eigenvalue weighted by Gasteiger charge is 2.44. The lowest BCUT2D eigenvalue weighted by Crippen LogP contribution is -2.33. The fraction of sp³-hybridized carbons (Fsp3) is 0.353. The molecule has 0 saturated carbocycles. The van der Waals surface area contributed by atoms with Crippen LogP contribution in [0, 0.1) is 0 Å². The molecule has 172 valence electrons. The molecule has 6 N–H and O–H groups in total. The molecule has 1 fully saturated rings. The number of anilines is 1. The Hall–Kier alpha value is -2.16. The zero-order valence-electron chi connectivity index (χ0n) is 16.2. The molecule has 0 radical (unpaired) electrons. The maximum Gasteiger partial charge on any atom is 0.524 e. The van der Waals surface area contributed by atoms with Crippen molar-refractivity contribution in [3.8, 4) is 5.75 Å². The quantitative estimate of drug-likeness (QED) is 0.228. The van der Waals surface area contributed by atoms with Gasteiger partial charge in [0.15, 0.2) is 23.2 Å². The molecule has 13 nitrogen and oxygen atoms in total. The van der Waals surface area contributed by atoms with E-state index < -0.39 is 39.0 Å². The normalized spacial score (nSPS) is 23.6. The minimum absolute atomic E-state index is 0.000175. The fourth-order valence-corrected chi connectivity index (χ4v) is 4.11. The zero-order valence-corrected chi connectivity index (χ0v) is 18.7. The van der Waals surface area contributed by atoms with Crippen LogP contribution in [0.25, 0.3) is 11.2 Å². The second kappa shape index (κ2) is 9.00. The number of aromatic nitrogens is 4. The average molecular weight is 532 g/mol. The molecule has 1 saturated heterocycles. The molecule has 0 aliphatic carbocycles. The summed E-state index contributed by atoms with van der Waals surface area (Å²) in [5.74, 6) is 0.355. The molecule has 0 unspecified atom stereocenters. The average Bonchev–Trinajstić information content (AvgIpc) is 3.29. The van der Waals surface area contributed by atoms with Crippen molar-refractivity contribution in [3.05, 3.63) is 40.9 Å². The third-order valence-electron chi connectivity index (χ3n) is 4.84. The number of aliphatic hydroxyl groups excluding tert-OH is 3. The molecule has 15 heteroatoms. The van der Waals surface area contributed by atoms with Crippen molar-refractivity contribution in [2.24, 2.45) is 0 Å². The molecule has 0 amide bonds. The molecule has 0 spiro atoms. The SMILES string of the molecule is O=P(O)(O)Oc1ccc(Br)c(CNc2ncnc3c2ncn3[C@@H]2O[C@H](CO)[C@@H](O)[C@H]2O)c1. The van der Waals surface area contributed by atoms with Crippen LogP contribution >= 0.6 is 23.8 Å². The number of halogens is 1. The van der Waals surface area contributed by atoms with E-state index in [-0.39, 0.29) is 12.3 Å². The topological polar surface area (TPSA) is 192 Å². The first kappa shape index (κ1) is 23.0. The van der Waals surface area contributed by atoms with Gasteiger partial charge in [-0.1, -0.05) is 15.9 Å². The molecule has 4 rings (SSSR count). The van der Waals surface area contributed by atoms with E-state index in [0.29, 0.717) is 27.0 Å². The summed E-state index contributed by atoms with van der Waals surface area (Å²) in [5.41, 5.74) is 1.32. The van der Waals surface area contributed by atoms with Gasteiger partial charge in [0.2, 0.25) is 0 Å². The van der Waals surface area contributed by atoms with Gasteiger partial charge in [-0.2, -0.15) is 0 Å². The summed E-state index contributed by atoms with van der Waals surface area (Å²) in [6, 6.07) is 4.47. The Kier molecular flexibility index (Phi) is 6.47. The second-order valence-electron chi connectivity index (χ2n) is 6.96. The zero-order chi connectivity index (χ0) is 23.0. The number of phosphoric ester groups is 1. The number of phosphoric acid groups is 1. The lowest BCUT2D eigenvalue weighted by atomic mass is 10.1. The molecule has 1 aliphatic rings. The second-order valence-corrected chi connectivity index (χ2v) is 8.98. The van der Waals surface area contributed by atoms with E-state index in [4.69, 9.17) is 14.5 Å². The van der Waals surface area contributed by atoms with Crippen LogP contribution in [0.1, 0.15) is 11.8 Å². The van der Waals surface area contributed by atoms with E-state index in [9.17, 15) is 19.9 Å². The monoisotopic (exact) mass is 531 g/mol. The number of imidazole rings is 1. The highest BCUT2D eigenvalue weighted by Crippen LogP contribution is 2.38. The number of aliphatic hydroxyl groups is 3. The third kappa shape index (κ3) is 4.63. The van der Waals surface area contributed by atoms with Crippen LogP contribution in [0.15, 0.2) is 35.3 Å². The highest BCUT2D eigenvalue weighted by atomic mass is 79.9. The van der Waals surface area contributed by atoms with Crippen molar-refractivity contribution in [1.29, 1.82) is 0 Å². The Morgan fingerprint density at radius 2 is 2.00 bits per heavy atom. The lowest BCUT2D eigenvalue weighted by molar-refractivity contribution is -0.0511. The van der Waals surface area contributed by atoms with Crippen LogP contribution in [-0.2, 0) is 15.8 Å². The van der Waals surface area contributed by atoms with E-state index >= 15 is 0 Å². The summed E-state index contributed by atoms with van der Waals surface area (Å²) in [4.78, 5) is 30.6. The molecule has 0 bridgehead atoms. The molecule has 32 heavy (non-hydrogen) atoms. The van der Waals surface area contributed by atoms with Gasteiger partial charge in [0.25, 0.3) is 0 Å². The van der Waals surface area contributed by atoms with Gasteiger partial charge < -0.3 is 29.9 Å². The van der Waals surface area contributed by atoms with Crippen LogP contribution in [0.3, 0.4) is 0 Å². The summed E-state index contributed by atoms with van der Waals surface area (Å²) in [7, 11) is -4.69. The predicted molar refractivity (Wildman–Crippen MR) is 112 cm³/mol. The Bertz CT molecular complexity index is 1170. The summed E-state index contributed by atoms with van der Waals surface area (Å²) in [6.07, 6.45) is -1.81. The highest BCUT2D eigenvalue weighted by molar-refractivity contribution is 9.10. The van der Waals surface area contributed by atoms with E-state index in [1.807, 2.05) is 0 Å². The van der Waals surface area contributed by atoms with Crippen LogP contribution in [0.4, 0.5) is 5.82 Å². The summed E-state index contributed by atoms with van der Waals surface area (Å²) in [5, 5.41) is 32.7. The fourth-order valence-electron chi connectivity index (χ4n) is 3.34. The molecule has 1 aliphatic heterocycles. The molecule has 4 atom stereocenters. The van der Waals surface area contributed by atoms with Crippen molar-refractivity contribution in [2.45, 2.75) is 31.1 Å². The largest absolute Gasteiger partial charge is 0.524 e. The molecule has 3 aromatic rings. The number of ether oxygens (including phenoxy) is 1. The summed E-state index contributed by atoms with van der Waals surface area (Å²) < 4.78 is 23.3. The molecule has 1 aromatic carbocycles. The van der Waals surface area contributed by atoms with Crippen LogP contribution < -0.4 is 9.84 Å². The number of benzene rings is 1. The number of hydrogen-bond donors (Lipinski definition) is 6. The number of fused-ring (bicyclic) bond motifs is 1. The standard InChI is InChI=1S/C17H19BrN5O8P/c18-10-2-1-9(31-32(27,28)29)3-8(10)4-19-15-12-16(21-6-20-15)23(7-22-12)17-14(26)13(25)11(5-24)30-17/h1-3,6-7,11,13-14,17,24-26H,4-5H2,(H,19,20,21)(H2,27,28,29)/t11-,13-,14-,17-/m1/s1. The maximum atomic E-state index is 11.1. The predicted octanol–water partition coefficient (Wildman–Crippen LogP) is 0.284. The molecule has 2 aromatic heterocycles. The Balaban J connectivity index is 1.57. The number of rotatable bonds is 7. The van der Waals surface area contributed by atoms with Gasteiger partial charge in [-0.05, 0) is 23.8 Å². The van der Waals surface area contributed by atoms with Gasteiger partial charge in [-0.15, -0.1) is 0 Å². The van der Waals surface area contributed by atoms with E-state index in [0.717, 1.165) is 0 Å². The first-order valence-corrected chi connectivity index (χ1v) is 11.6. The lowest BCUT2D eigenvalue weighted by Gasteiger charge is -2.16. The molecular formula is C17H19BrN5O8P. The summed E-state index contributed by atoms with van der Waals surface area (Å²) >= 11 is 3.38. The van der Waals surface area contributed by atoms with Gasteiger partial charge in [0.05, 0.1) is 12.9 Å². The molecule has 3 heterocycles. The number of hydrogen-bond acceptors (Lipinski definition) is 10. The smallest absolute Gasteiger partial charge is 0.404 e. The van der Waals surface area contributed by atoms with Crippen molar-refractivity contribution in [2.75, 3.05) is 11.9 Å². The van der Waals surface area contributed by atoms with Crippen LogP contribution in [-0.4, -0.2) is 69.5 Å². The number of nitrogens with one attached hydrogen (secondary N) is 1. The van der Waals surface area contributed by atoms with Crippen LogP contribution in [0.2, 0.25) is 0 Å². The third-order valence-corrected chi connectivity index (χ3v) is 6.06. The minimum Gasteiger partial charge on any atom is -0.404 e. The van der Waals surface area contributed by atoms with E-state index in [1.54, 1.807) is 6.07 Å². The van der Waals surface area contributed by atoms with E-state index in [1.165, 1.54) is 29.4 Å². The summed E-state index contributed by atoms with van der Waals surface area (Å²) in [6.45, 7) is -0.255. The van der Waals surface area contributed by atoms with Gasteiger partial charge in [0, 0.05) is 11.0 Å². The van der Waals surface area contributed by atoms with Crippen LogP contribution in [0.5, 0.6) is 5.75 Å². The molecular weight excluding hydrogens is 513 g/mol. The van der Waals surface area contributed by atoms with Gasteiger partial charge >= 0.3 is 7.82 Å². The number of nitrogens with zero attached hydrogens (tertiary/aromatic N) is 4. The van der Waals surface area contributed by atoms with Crippen molar-refractivity contribution >= 4 is 40.7 Å². The maximum absolute atomic E-state index is 11.1. The minimum atomic E-state index is -4.69. The van der Waals surface area contributed by atoms with Gasteiger partial charge in [-0.3, -0.25) is 14.4 Å². The van der Waals surface area contributed by atoms with Gasteiger partial charge in [0.1, 0.15) is 30.4 Å². The Morgan fingerprint density at radius 3 is 2.69 bits per heavy atom. The van der Waals surface area contributed by atoms with Crippen molar-refractivity contribution in [3.63, 3.8) is 0 Å². The Labute approximate surface area is 189 Å². The Morgan fingerprint density at radius 1 is 1.22 bits per heavy atom. The first-order chi connectivity index (χ1) is 15.2.